The van der Waals surface area contributed by atoms with Crippen LogP contribution in [0, 0.1) is 28.6 Å². The molecule has 21 N–H and O–H groups in total. The van der Waals surface area contributed by atoms with Crippen LogP contribution in [0.5, 0.6) is 0 Å². The standard InChI is InChI=1S/C21H26ClN7O2S.C21H26ClN7OS.2C20H25ClN8OS/c1-12-18(23)21(10-31-12)3-6-28(7-4-21)15-8-13(9-30)17(20-26-11-27-29(15)20)32-14-2-5-25-19(24)16(14)22;1-12-9-15(28-7-4-21(5-8-28)10-30-13(2)18(21)23)29-11-26-27-20(29)17(12)31-14-3-6-25-19(24)16(14)22;1-11-17(23)20(9-30-11)3-6-28(7-4-20)14-8-12(22)16(19-27-26-10-29(14)19)31-13-2-5-25-18(24)15(13)21;1-11-17(23)20(9-30-11)3-6-28(7-4-20)14-8-12(22)16(19-26-10-27-29(14)19)31-13-2-5-25-18(24)15(13)21/h2,5,8,11-12,18,30H,3-4,6-7,9-10,23H2,1H3,(H2,24,25);3,6,9,11,13,18H,4-5,7-8,10,23H2,1-2H3,(H2,24,25);2*2,5,8,10-11,17H,3-4,6-7,9,22-23H2,1H3,(H2,24,25). The van der Waals surface area contributed by atoms with Crippen LogP contribution in [0.4, 0.5) is 57.9 Å². The van der Waals surface area contributed by atoms with Gasteiger partial charge < -0.3 is 101 Å². The number of aliphatic hydroxyl groups is 1. The van der Waals surface area contributed by atoms with Crippen molar-refractivity contribution in [3.05, 3.63) is 130 Å². The van der Waals surface area contributed by atoms with Crippen molar-refractivity contribution >= 4 is 174 Å². The summed E-state index contributed by atoms with van der Waals surface area (Å²) in [5, 5.41) is 37.9. The summed E-state index contributed by atoms with van der Waals surface area (Å²) in [5.41, 5.74) is 68.5. The van der Waals surface area contributed by atoms with E-state index in [2.05, 4.69) is 125 Å². The summed E-state index contributed by atoms with van der Waals surface area (Å²) >= 11 is 31.1. The van der Waals surface area contributed by atoms with Gasteiger partial charge in [-0.3, -0.25) is 8.80 Å². The summed E-state index contributed by atoms with van der Waals surface area (Å²) in [4.78, 5) is 40.8. The van der Waals surface area contributed by atoms with Gasteiger partial charge in [-0.1, -0.05) is 93.5 Å². The van der Waals surface area contributed by atoms with Gasteiger partial charge in [-0.2, -0.15) is 19.2 Å². The molecule has 125 heavy (non-hydrogen) atoms. The van der Waals surface area contributed by atoms with Gasteiger partial charge in [0.05, 0.1) is 108 Å². The molecule has 12 aromatic heterocycles. The molecule has 12 aromatic rings. The fourth-order valence-corrected chi connectivity index (χ4v) is 23.4. The molecule has 8 saturated heterocycles. The molecule has 0 radical (unpaired) electrons. The van der Waals surface area contributed by atoms with E-state index >= 15 is 0 Å². The Labute approximate surface area is 758 Å². The highest BCUT2D eigenvalue weighted by Crippen LogP contribution is 2.51. The van der Waals surface area contributed by atoms with Crippen LogP contribution >= 0.6 is 93.5 Å². The lowest BCUT2D eigenvalue weighted by molar-refractivity contribution is 0.0973. The second-order valence-corrected chi connectivity index (χ2v) is 39.4. The molecule has 8 aliphatic heterocycles. The minimum absolute atomic E-state index is 0.0328. The summed E-state index contributed by atoms with van der Waals surface area (Å²) in [6.45, 7) is 20.1. The lowest BCUT2D eigenvalue weighted by atomic mass is 9.73. The number of fused-ring (bicyclic) bond motifs is 4. The molecule has 0 aliphatic carbocycles. The first-order valence-corrected chi connectivity index (χ1v) is 46.2. The zero-order valence-corrected chi connectivity index (χ0v) is 75.9. The van der Waals surface area contributed by atoms with Crippen molar-refractivity contribution < 1.29 is 24.1 Å². The van der Waals surface area contributed by atoms with Gasteiger partial charge in [0.2, 0.25) is 0 Å². The number of nitrogens with two attached hydrogens (primary N) is 10. The van der Waals surface area contributed by atoms with Crippen molar-refractivity contribution in [2.75, 3.05) is 133 Å². The minimum Gasteiger partial charge on any atom is -0.398 e. The van der Waals surface area contributed by atoms with Gasteiger partial charge in [0.15, 0.2) is 22.6 Å². The molecule has 0 bridgehead atoms. The van der Waals surface area contributed by atoms with Gasteiger partial charge in [0.1, 0.15) is 71.9 Å². The molecular formula is C82H102Cl4N30O5S4. The van der Waals surface area contributed by atoms with Crippen molar-refractivity contribution in [1.82, 2.24) is 78.3 Å². The fourth-order valence-electron chi connectivity index (χ4n) is 18.6. The summed E-state index contributed by atoms with van der Waals surface area (Å²) in [7, 11) is 0. The van der Waals surface area contributed by atoms with Gasteiger partial charge in [-0.15, -0.1) is 20.4 Å². The predicted octanol–water partition coefficient (Wildman–Crippen LogP) is 10.3. The van der Waals surface area contributed by atoms with Crippen LogP contribution in [0.3, 0.4) is 0 Å². The van der Waals surface area contributed by atoms with Crippen LogP contribution in [0.15, 0.2) is 138 Å². The van der Waals surface area contributed by atoms with E-state index in [0.717, 1.165) is 209 Å². The number of hydrogen-bond donors (Lipinski definition) is 11. The molecule has 43 heteroatoms. The molecule has 20 rings (SSSR count). The minimum atomic E-state index is -0.134. The van der Waals surface area contributed by atoms with Crippen LogP contribution in [0.25, 0.3) is 22.6 Å². The molecule has 0 aromatic carbocycles. The SMILES string of the molecule is CC1OCC2(CCN(c3cc(CO)c(Sc4ccnc(N)c4Cl)c4ncnn34)CC2)C1N.CC1OCC2(CCN(c3cc(N)c(Sc4ccnc(N)c4Cl)c4ncnn34)CC2)C1N.CC1OCC2(CCN(c3cc(N)c(Sc4ccnc(N)c4Cl)c4nncn34)CC2)C1N.Cc1cc(N2CCC3(CC2)COC(C)C3N)n2cnnc2c1Sc1ccnc(N)c1Cl. The van der Waals surface area contributed by atoms with E-state index in [1.807, 2.05) is 49.8 Å². The van der Waals surface area contributed by atoms with E-state index in [1.165, 1.54) is 53.4 Å². The maximum atomic E-state index is 10.2. The average molecular weight is 1860 g/mol. The number of aryl methyl sites for hydroxylation is 1. The number of aliphatic hydroxyl groups excluding tert-OH is 1. The number of piperidine rings is 4. The zero-order chi connectivity index (χ0) is 87.7. The van der Waals surface area contributed by atoms with E-state index in [9.17, 15) is 5.11 Å². The number of aromatic nitrogens is 16. The highest BCUT2D eigenvalue weighted by molar-refractivity contribution is 8.00. The van der Waals surface area contributed by atoms with Crippen molar-refractivity contribution in [1.29, 1.82) is 0 Å². The van der Waals surface area contributed by atoms with Gasteiger partial charge in [0, 0.05) is 155 Å². The number of pyridine rings is 8. The van der Waals surface area contributed by atoms with Crippen LogP contribution in [-0.4, -0.2) is 211 Å². The molecule has 20 heterocycles. The monoisotopic (exact) mass is 1850 g/mol. The number of nitrogens with zero attached hydrogens (tertiary/aromatic N) is 20. The lowest BCUT2D eigenvalue weighted by Gasteiger charge is -2.42. The summed E-state index contributed by atoms with van der Waals surface area (Å²) in [6, 6.07) is 15.7. The number of ether oxygens (including phenoxy) is 4. The van der Waals surface area contributed by atoms with Crippen LogP contribution in [0.2, 0.25) is 20.1 Å². The van der Waals surface area contributed by atoms with E-state index in [-0.39, 0.29) is 94.3 Å². The molecule has 0 amide bonds. The topological polar surface area (TPSA) is 503 Å². The Morgan fingerprint density at radius 2 is 0.696 bits per heavy atom. The maximum Gasteiger partial charge on any atom is 0.178 e. The molecule has 35 nitrogen and oxygen atoms in total. The summed E-state index contributed by atoms with van der Waals surface area (Å²) in [5.74, 6) is 5.04. The quantitative estimate of drug-likeness (QED) is 0.0511. The Balaban J connectivity index is 0.000000118. The lowest BCUT2D eigenvalue weighted by Crippen LogP contribution is -2.51. The number of nitrogen functional groups attached to an aromatic ring is 6. The largest absolute Gasteiger partial charge is 0.398 e. The predicted molar refractivity (Wildman–Crippen MR) is 492 cm³/mol. The second kappa shape index (κ2) is 36.1. The Kier molecular flexibility index (Phi) is 25.5. The molecule has 8 unspecified atom stereocenters. The number of rotatable bonds is 13. The van der Waals surface area contributed by atoms with Crippen molar-refractivity contribution in [3.8, 4) is 0 Å². The van der Waals surface area contributed by atoms with Crippen molar-refractivity contribution in [3.63, 3.8) is 0 Å². The molecule has 8 fully saturated rings. The number of halogens is 4. The summed E-state index contributed by atoms with van der Waals surface area (Å²) in [6.07, 6.45) is 21.3. The maximum absolute atomic E-state index is 10.2. The third-order valence-corrected chi connectivity index (χ3v) is 33.5. The number of hydrogen-bond acceptors (Lipinski definition) is 35. The molecule has 0 saturated carbocycles. The Hall–Kier alpha value is -8.72. The van der Waals surface area contributed by atoms with Gasteiger partial charge >= 0.3 is 0 Å². The molecule has 8 aliphatic rings. The van der Waals surface area contributed by atoms with Crippen molar-refractivity contribution in [2.45, 2.75) is 180 Å². The third kappa shape index (κ3) is 16.7. The van der Waals surface area contributed by atoms with Crippen LogP contribution in [-0.2, 0) is 25.6 Å². The van der Waals surface area contributed by atoms with Crippen molar-refractivity contribution in [2.24, 2.45) is 44.6 Å². The molecule has 662 valence electrons. The highest BCUT2D eigenvalue weighted by atomic mass is 35.5. The molecule has 4 spiro atoms. The second-order valence-electron chi connectivity index (χ2n) is 33.7. The fraction of sp³-hybridized carbons (Fsp3) is 0.463. The van der Waals surface area contributed by atoms with E-state index < -0.39 is 0 Å². The molecule has 8 atom stereocenters. The smallest absolute Gasteiger partial charge is 0.178 e. The Morgan fingerprint density at radius 1 is 0.400 bits per heavy atom. The van der Waals surface area contributed by atoms with Gasteiger partial charge in [0.25, 0.3) is 0 Å². The van der Waals surface area contributed by atoms with E-state index in [0.29, 0.717) is 54.2 Å². The normalized spacial score (nSPS) is 23.1. The Morgan fingerprint density at radius 3 is 1.04 bits per heavy atom. The van der Waals surface area contributed by atoms with E-state index in [4.69, 9.17) is 123 Å². The van der Waals surface area contributed by atoms with E-state index in [1.54, 1.807) is 49.8 Å². The summed E-state index contributed by atoms with van der Waals surface area (Å²) < 4.78 is 31.1. The van der Waals surface area contributed by atoms with Crippen LogP contribution in [0.1, 0.15) is 90.2 Å². The Bertz CT molecular complexity index is 5540. The molecular weight excluding hydrogens is 1760 g/mol. The van der Waals surface area contributed by atoms with Gasteiger partial charge in [-0.05, 0) is 134 Å². The first kappa shape index (κ1) is 88.3. The van der Waals surface area contributed by atoms with Crippen LogP contribution < -0.4 is 76.9 Å². The first-order valence-electron chi connectivity index (χ1n) is 41.5. The average Bonchev–Trinajstić information content (AvgIpc) is 1.70. The number of anilines is 10. The van der Waals surface area contributed by atoms with Gasteiger partial charge in [-0.25, -0.2) is 29.9 Å². The zero-order valence-electron chi connectivity index (χ0n) is 69.6. The first-order chi connectivity index (χ1) is 60.1. The third-order valence-electron chi connectivity index (χ3n) is 26.6. The highest BCUT2D eigenvalue weighted by Gasteiger charge is 2.52.